The summed E-state index contributed by atoms with van der Waals surface area (Å²) in [5, 5.41) is 0. The zero-order chi connectivity index (χ0) is 15.6. The van der Waals surface area contributed by atoms with E-state index in [1.165, 1.54) is 17.7 Å². The number of anilines is 1. The summed E-state index contributed by atoms with van der Waals surface area (Å²) in [5.74, 6) is 0.184. The maximum atomic E-state index is 12.6. The van der Waals surface area contributed by atoms with Crippen molar-refractivity contribution in [3.8, 4) is 5.75 Å². The molecule has 0 spiro atoms. The Morgan fingerprint density at radius 2 is 1.86 bits per heavy atom. The molecule has 0 saturated carbocycles. The first kappa shape index (κ1) is 15.6. The number of hydrogen-bond acceptors (Lipinski definition) is 5. The van der Waals surface area contributed by atoms with E-state index in [0.717, 1.165) is 0 Å². The number of hydrogen-bond donors (Lipinski definition) is 1. The van der Waals surface area contributed by atoms with Crippen molar-refractivity contribution in [3.63, 3.8) is 0 Å². The van der Waals surface area contributed by atoms with Crippen molar-refractivity contribution in [2.75, 3.05) is 45.3 Å². The minimum atomic E-state index is -3.21. The number of sulfonamides is 1. The molecule has 0 bridgehead atoms. The van der Waals surface area contributed by atoms with Gasteiger partial charge in [-0.3, -0.25) is 4.79 Å². The Kier molecular flexibility index (Phi) is 4.38. The van der Waals surface area contributed by atoms with Gasteiger partial charge in [-0.1, -0.05) is 6.07 Å². The highest BCUT2D eigenvalue weighted by Crippen LogP contribution is 2.26. The van der Waals surface area contributed by atoms with E-state index in [4.69, 9.17) is 10.5 Å². The van der Waals surface area contributed by atoms with Gasteiger partial charge in [0.25, 0.3) is 5.91 Å². The fourth-order valence-corrected chi connectivity index (χ4v) is 3.15. The standard InChI is InChI=1S/C13H19N3O4S/c1-20-11-5-3-4-10(14)12(11)13(17)15-6-8-16(9-7-15)21(2,18)19/h3-5H,6-9,14H2,1-2H3. The van der Waals surface area contributed by atoms with Gasteiger partial charge in [-0.25, -0.2) is 8.42 Å². The van der Waals surface area contributed by atoms with Crippen molar-refractivity contribution in [1.29, 1.82) is 0 Å². The van der Waals surface area contributed by atoms with Gasteiger partial charge in [0.1, 0.15) is 11.3 Å². The Balaban J connectivity index is 2.16. The van der Waals surface area contributed by atoms with E-state index in [-0.39, 0.29) is 5.91 Å². The van der Waals surface area contributed by atoms with Gasteiger partial charge in [0.15, 0.2) is 0 Å². The number of nitrogen functional groups attached to an aromatic ring is 1. The molecule has 1 aliphatic rings. The van der Waals surface area contributed by atoms with Gasteiger partial charge in [-0.05, 0) is 12.1 Å². The lowest BCUT2D eigenvalue weighted by atomic mass is 10.1. The Morgan fingerprint density at radius 3 is 2.38 bits per heavy atom. The second-order valence-corrected chi connectivity index (χ2v) is 6.86. The van der Waals surface area contributed by atoms with E-state index in [0.29, 0.717) is 43.2 Å². The summed E-state index contributed by atoms with van der Waals surface area (Å²) in [6, 6.07) is 5.03. The van der Waals surface area contributed by atoms with E-state index in [2.05, 4.69) is 0 Å². The largest absolute Gasteiger partial charge is 0.496 e. The molecular weight excluding hydrogens is 294 g/mol. The van der Waals surface area contributed by atoms with E-state index in [1.807, 2.05) is 0 Å². The van der Waals surface area contributed by atoms with Crippen molar-refractivity contribution in [2.24, 2.45) is 0 Å². The van der Waals surface area contributed by atoms with Crippen LogP contribution in [-0.4, -0.2) is 63.1 Å². The monoisotopic (exact) mass is 313 g/mol. The predicted octanol–water partition coefficient (Wildman–Crippen LogP) is -0.00520. The maximum absolute atomic E-state index is 12.6. The summed E-state index contributed by atoms with van der Waals surface area (Å²) in [6.07, 6.45) is 1.17. The molecule has 0 radical (unpaired) electrons. The minimum absolute atomic E-state index is 0.238. The molecule has 1 aliphatic heterocycles. The fourth-order valence-electron chi connectivity index (χ4n) is 2.33. The quantitative estimate of drug-likeness (QED) is 0.793. The molecule has 1 heterocycles. The lowest BCUT2D eigenvalue weighted by molar-refractivity contribution is 0.0696. The summed E-state index contributed by atoms with van der Waals surface area (Å²) in [4.78, 5) is 14.1. The van der Waals surface area contributed by atoms with Crippen LogP contribution in [0.3, 0.4) is 0 Å². The summed E-state index contributed by atoms with van der Waals surface area (Å²) in [7, 11) is -1.74. The molecule has 1 amide bonds. The van der Waals surface area contributed by atoms with Crippen LogP contribution in [0.2, 0.25) is 0 Å². The Labute approximate surface area is 124 Å². The molecule has 21 heavy (non-hydrogen) atoms. The van der Waals surface area contributed by atoms with Crippen LogP contribution in [0.25, 0.3) is 0 Å². The molecule has 1 aromatic carbocycles. The Bertz CT molecular complexity index is 637. The third-order valence-corrected chi connectivity index (χ3v) is 4.79. The number of amides is 1. The number of nitrogens with zero attached hydrogens (tertiary/aromatic N) is 2. The molecule has 0 atom stereocenters. The average Bonchev–Trinajstić information content (AvgIpc) is 2.45. The second-order valence-electron chi connectivity index (χ2n) is 4.88. The van der Waals surface area contributed by atoms with Gasteiger partial charge in [0, 0.05) is 31.9 Å². The highest BCUT2D eigenvalue weighted by molar-refractivity contribution is 7.88. The normalized spacial score (nSPS) is 16.8. The lowest BCUT2D eigenvalue weighted by Crippen LogP contribution is -2.50. The van der Waals surface area contributed by atoms with Gasteiger partial charge in [-0.2, -0.15) is 4.31 Å². The molecule has 8 heteroatoms. The number of carbonyl (C=O) groups excluding carboxylic acids is 1. The molecule has 0 aliphatic carbocycles. The van der Waals surface area contributed by atoms with Gasteiger partial charge in [0.2, 0.25) is 10.0 Å². The zero-order valence-corrected chi connectivity index (χ0v) is 12.9. The molecule has 2 rings (SSSR count). The first-order valence-corrected chi connectivity index (χ1v) is 8.36. The molecule has 1 aromatic rings. The van der Waals surface area contributed by atoms with Crippen molar-refractivity contribution in [3.05, 3.63) is 23.8 Å². The molecule has 1 saturated heterocycles. The molecule has 116 valence electrons. The van der Waals surface area contributed by atoms with Crippen molar-refractivity contribution in [1.82, 2.24) is 9.21 Å². The average molecular weight is 313 g/mol. The van der Waals surface area contributed by atoms with Crippen LogP contribution in [0.15, 0.2) is 18.2 Å². The topological polar surface area (TPSA) is 92.9 Å². The maximum Gasteiger partial charge on any atom is 0.259 e. The number of methoxy groups -OCH3 is 1. The highest BCUT2D eigenvalue weighted by atomic mass is 32.2. The van der Waals surface area contributed by atoms with Crippen LogP contribution in [0, 0.1) is 0 Å². The highest BCUT2D eigenvalue weighted by Gasteiger charge is 2.28. The molecule has 0 aromatic heterocycles. The molecule has 0 unspecified atom stereocenters. The van der Waals surface area contributed by atoms with Crippen LogP contribution in [0.4, 0.5) is 5.69 Å². The van der Waals surface area contributed by atoms with Gasteiger partial charge < -0.3 is 15.4 Å². The molecule has 1 fully saturated rings. The van der Waals surface area contributed by atoms with Gasteiger partial charge in [0.05, 0.1) is 13.4 Å². The lowest BCUT2D eigenvalue weighted by Gasteiger charge is -2.33. The number of rotatable bonds is 3. The molecule has 7 nitrogen and oxygen atoms in total. The second kappa shape index (κ2) is 5.90. The third-order valence-electron chi connectivity index (χ3n) is 3.49. The van der Waals surface area contributed by atoms with Crippen LogP contribution >= 0.6 is 0 Å². The first-order chi connectivity index (χ1) is 9.84. The molecule has 2 N–H and O–H groups in total. The molecular formula is C13H19N3O4S. The summed E-state index contributed by atoms with van der Waals surface area (Å²) < 4.78 is 29.5. The predicted molar refractivity (Wildman–Crippen MR) is 79.7 cm³/mol. The van der Waals surface area contributed by atoms with E-state index < -0.39 is 10.0 Å². The van der Waals surface area contributed by atoms with Crippen LogP contribution in [-0.2, 0) is 10.0 Å². The van der Waals surface area contributed by atoms with Crippen molar-refractivity contribution < 1.29 is 17.9 Å². The number of nitrogens with two attached hydrogens (primary N) is 1. The van der Waals surface area contributed by atoms with Crippen LogP contribution in [0.1, 0.15) is 10.4 Å². The van der Waals surface area contributed by atoms with Crippen LogP contribution in [0.5, 0.6) is 5.75 Å². The van der Waals surface area contributed by atoms with E-state index >= 15 is 0 Å². The summed E-state index contributed by atoms with van der Waals surface area (Å²) in [5.41, 5.74) is 6.55. The number of carbonyl (C=O) groups is 1. The van der Waals surface area contributed by atoms with Gasteiger partial charge in [-0.15, -0.1) is 0 Å². The van der Waals surface area contributed by atoms with E-state index in [1.54, 1.807) is 23.1 Å². The number of benzene rings is 1. The first-order valence-electron chi connectivity index (χ1n) is 6.51. The number of ether oxygens (including phenoxy) is 1. The van der Waals surface area contributed by atoms with Gasteiger partial charge >= 0.3 is 0 Å². The Hall–Kier alpha value is -1.80. The SMILES string of the molecule is COc1cccc(N)c1C(=O)N1CCN(S(C)(=O)=O)CC1. The van der Waals surface area contributed by atoms with Crippen molar-refractivity contribution in [2.45, 2.75) is 0 Å². The Morgan fingerprint density at radius 1 is 1.24 bits per heavy atom. The third kappa shape index (κ3) is 3.27. The minimum Gasteiger partial charge on any atom is -0.496 e. The zero-order valence-electron chi connectivity index (χ0n) is 12.1. The van der Waals surface area contributed by atoms with Crippen LogP contribution < -0.4 is 10.5 Å². The fraction of sp³-hybridized carbons (Fsp3) is 0.462. The summed E-state index contributed by atoms with van der Waals surface area (Å²) >= 11 is 0. The van der Waals surface area contributed by atoms with E-state index in [9.17, 15) is 13.2 Å². The summed E-state index contributed by atoms with van der Waals surface area (Å²) in [6.45, 7) is 1.26. The number of piperazine rings is 1. The smallest absolute Gasteiger partial charge is 0.259 e. The van der Waals surface area contributed by atoms with Crippen molar-refractivity contribution >= 4 is 21.6 Å².